The molecule has 0 aliphatic rings. The van der Waals surface area contributed by atoms with E-state index in [0.29, 0.717) is 0 Å². The molecule has 0 amide bonds. The molecule has 20 heavy (non-hydrogen) atoms. The fraction of sp³-hybridized carbons (Fsp3) is 0.200. The number of hydrogen-bond donors (Lipinski definition) is 3. The van der Waals surface area contributed by atoms with Gasteiger partial charge in [0.05, 0.1) is 6.07 Å². The number of fused-ring (bicyclic) bond motifs is 1. The number of hydrogen-bond acceptors (Lipinski definition) is 4. The molecular formula is C15H19N3O2. The van der Waals surface area contributed by atoms with Crippen LogP contribution in [0.1, 0.15) is 13.8 Å². The molecule has 0 spiro atoms. The van der Waals surface area contributed by atoms with Gasteiger partial charge in [0.1, 0.15) is 6.04 Å². The Morgan fingerprint density at radius 1 is 1.25 bits per heavy atom. The average Bonchev–Trinajstić information content (AvgIpc) is 2.40. The van der Waals surface area contributed by atoms with Gasteiger partial charge in [-0.2, -0.15) is 5.26 Å². The van der Waals surface area contributed by atoms with Crippen molar-refractivity contribution in [1.29, 1.82) is 5.26 Å². The summed E-state index contributed by atoms with van der Waals surface area (Å²) in [5.74, 6) is -0.963. The maximum Gasteiger partial charge on any atom is 0.320 e. The number of carbonyl (C=O) groups is 1. The average molecular weight is 273 g/mol. The minimum Gasteiger partial charge on any atom is -0.480 e. The van der Waals surface area contributed by atoms with Gasteiger partial charge >= 0.3 is 5.97 Å². The van der Waals surface area contributed by atoms with Crippen LogP contribution in [0.5, 0.6) is 0 Å². The lowest BCUT2D eigenvalue weighted by molar-refractivity contribution is -0.138. The third-order valence-corrected chi connectivity index (χ3v) is 2.16. The first-order chi connectivity index (χ1) is 9.42. The molecule has 1 unspecified atom stereocenters. The number of benzene rings is 2. The second kappa shape index (κ2) is 9.36. The first kappa shape index (κ1) is 17.4. The summed E-state index contributed by atoms with van der Waals surface area (Å²) in [6.45, 7) is 2.85. The smallest absolute Gasteiger partial charge is 0.320 e. The van der Waals surface area contributed by atoms with Gasteiger partial charge in [-0.3, -0.25) is 4.79 Å². The quantitative estimate of drug-likeness (QED) is 0.690. The molecule has 0 aliphatic heterocycles. The van der Waals surface area contributed by atoms with Gasteiger partial charge in [0.2, 0.25) is 0 Å². The Labute approximate surface area is 118 Å². The van der Waals surface area contributed by atoms with E-state index in [-0.39, 0.29) is 0 Å². The number of rotatable bonds is 1. The molecule has 1 atom stereocenters. The van der Waals surface area contributed by atoms with Crippen LogP contribution in [0.25, 0.3) is 10.8 Å². The SMILES string of the molecule is CC#N.CC(N)C(=O)O.Nc1ccc2ccccc2c1. The molecule has 0 fully saturated rings. The number of anilines is 1. The van der Waals surface area contributed by atoms with Crippen molar-refractivity contribution in [2.24, 2.45) is 5.73 Å². The normalized spacial score (nSPS) is 10.1. The van der Waals surface area contributed by atoms with Crippen LogP contribution in [0.4, 0.5) is 5.69 Å². The zero-order valence-corrected chi connectivity index (χ0v) is 11.6. The molecule has 5 N–H and O–H groups in total. The lowest BCUT2D eigenvalue weighted by Gasteiger charge is -1.96. The van der Waals surface area contributed by atoms with Crippen LogP contribution < -0.4 is 11.5 Å². The molecule has 0 radical (unpaired) electrons. The molecule has 0 aromatic heterocycles. The van der Waals surface area contributed by atoms with Gasteiger partial charge in [-0.15, -0.1) is 0 Å². The van der Waals surface area contributed by atoms with Crippen molar-refractivity contribution in [3.05, 3.63) is 42.5 Å². The summed E-state index contributed by atoms with van der Waals surface area (Å²) in [7, 11) is 0. The third kappa shape index (κ3) is 6.99. The van der Waals surface area contributed by atoms with E-state index in [1.54, 1.807) is 6.07 Å². The standard InChI is InChI=1S/C10H9N.C3H7NO2.C2H3N/c11-10-6-5-8-3-1-2-4-9(8)7-10;1-2(4)3(5)6;1-2-3/h1-7H,11H2;2H,4H2,1H3,(H,5,6);1H3. The van der Waals surface area contributed by atoms with Crippen LogP contribution in [0.3, 0.4) is 0 Å². The van der Waals surface area contributed by atoms with Gasteiger partial charge in [0.15, 0.2) is 0 Å². The summed E-state index contributed by atoms with van der Waals surface area (Å²) in [6.07, 6.45) is 0. The second-order valence-electron chi connectivity index (χ2n) is 3.96. The van der Waals surface area contributed by atoms with Crippen molar-refractivity contribution in [2.75, 3.05) is 5.73 Å². The minimum atomic E-state index is -0.963. The van der Waals surface area contributed by atoms with Gasteiger partial charge in [0, 0.05) is 12.6 Å². The number of carboxylic acid groups (broad SMARTS) is 1. The van der Waals surface area contributed by atoms with Crippen LogP contribution in [0, 0.1) is 11.3 Å². The molecule has 0 bridgehead atoms. The summed E-state index contributed by atoms with van der Waals surface area (Å²) in [4.78, 5) is 9.57. The zero-order valence-electron chi connectivity index (χ0n) is 11.6. The van der Waals surface area contributed by atoms with E-state index in [2.05, 4.69) is 12.1 Å². The Kier molecular flexibility index (Phi) is 8.16. The van der Waals surface area contributed by atoms with E-state index < -0.39 is 12.0 Å². The van der Waals surface area contributed by atoms with E-state index >= 15 is 0 Å². The molecule has 2 rings (SSSR count). The van der Waals surface area contributed by atoms with E-state index in [4.69, 9.17) is 21.8 Å². The topological polar surface area (TPSA) is 113 Å². The van der Waals surface area contributed by atoms with Crippen LogP contribution in [0.2, 0.25) is 0 Å². The largest absolute Gasteiger partial charge is 0.480 e. The van der Waals surface area contributed by atoms with Crippen molar-refractivity contribution in [2.45, 2.75) is 19.9 Å². The van der Waals surface area contributed by atoms with Crippen molar-refractivity contribution in [3.63, 3.8) is 0 Å². The van der Waals surface area contributed by atoms with Crippen molar-refractivity contribution < 1.29 is 9.90 Å². The molecule has 2 aromatic rings. The molecule has 0 saturated heterocycles. The van der Waals surface area contributed by atoms with E-state index in [1.165, 1.54) is 24.6 Å². The molecule has 2 aromatic carbocycles. The Bertz CT molecular complexity index is 589. The highest BCUT2D eigenvalue weighted by molar-refractivity contribution is 5.85. The van der Waals surface area contributed by atoms with Crippen LogP contribution >= 0.6 is 0 Å². The lowest BCUT2D eigenvalue weighted by atomic mass is 10.1. The van der Waals surface area contributed by atoms with Gasteiger partial charge < -0.3 is 16.6 Å². The number of carboxylic acids is 1. The summed E-state index contributed by atoms with van der Waals surface area (Å²) in [5.41, 5.74) is 11.3. The van der Waals surface area contributed by atoms with Crippen molar-refractivity contribution >= 4 is 22.4 Å². The predicted octanol–water partition coefficient (Wildman–Crippen LogP) is 2.37. The monoisotopic (exact) mass is 273 g/mol. The zero-order chi connectivity index (χ0) is 15.5. The third-order valence-electron chi connectivity index (χ3n) is 2.16. The fourth-order valence-electron chi connectivity index (χ4n) is 1.21. The van der Waals surface area contributed by atoms with E-state index in [0.717, 1.165) is 5.69 Å². The van der Waals surface area contributed by atoms with Crippen LogP contribution in [-0.4, -0.2) is 17.1 Å². The van der Waals surface area contributed by atoms with E-state index in [1.807, 2.05) is 30.3 Å². The first-order valence-electron chi connectivity index (χ1n) is 5.95. The summed E-state index contributed by atoms with van der Waals surface area (Å²) >= 11 is 0. The molecule has 0 heterocycles. The summed E-state index contributed by atoms with van der Waals surface area (Å²) in [5, 5.41) is 17.6. The van der Waals surface area contributed by atoms with Crippen molar-refractivity contribution in [3.8, 4) is 6.07 Å². The maximum absolute atomic E-state index is 9.57. The number of nitrogens with zero attached hydrogens (tertiary/aromatic N) is 1. The minimum absolute atomic E-state index is 0.731. The first-order valence-corrected chi connectivity index (χ1v) is 5.95. The number of nitrogen functional groups attached to an aromatic ring is 1. The Hall–Kier alpha value is -2.58. The molecule has 5 heteroatoms. The fourth-order valence-corrected chi connectivity index (χ4v) is 1.21. The molecule has 106 valence electrons. The maximum atomic E-state index is 9.57. The van der Waals surface area contributed by atoms with Crippen LogP contribution in [-0.2, 0) is 4.79 Å². The van der Waals surface area contributed by atoms with Crippen molar-refractivity contribution in [1.82, 2.24) is 0 Å². The van der Waals surface area contributed by atoms with Gasteiger partial charge in [0.25, 0.3) is 0 Å². The highest BCUT2D eigenvalue weighted by Crippen LogP contribution is 2.15. The highest BCUT2D eigenvalue weighted by Gasteiger charge is 1.99. The van der Waals surface area contributed by atoms with Gasteiger partial charge in [-0.1, -0.05) is 30.3 Å². The predicted molar refractivity (Wildman–Crippen MR) is 80.9 cm³/mol. The molecule has 0 aliphatic carbocycles. The Balaban J connectivity index is 0.000000344. The number of aliphatic carboxylic acids is 1. The highest BCUT2D eigenvalue weighted by atomic mass is 16.4. The van der Waals surface area contributed by atoms with Gasteiger partial charge in [-0.25, -0.2) is 0 Å². The molecular weight excluding hydrogens is 254 g/mol. The Morgan fingerprint density at radius 3 is 2.15 bits per heavy atom. The number of nitriles is 1. The molecule has 5 nitrogen and oxygen atoms in total. The molecule has 0 saturated carbocycles. The Morgan fingerprint density at radius 2 is 1.70 bits per heavy atom. The lowest BCUT2D eigenvalue weighted by Crippen LogP contribution is -2.25. The van der Waals surface area contributed by atoms with Gasteiger partial charge in [-0.05, 0) is 29.8 Å². The summed E-state index contributed by atoms with van der Waals surface area (Å²) in [6, 6.07) is 15.1. The van der Waals surface area contributed by atoms with Crippen LogP contribution in [0.15, 0.2) is 42.5 Å². The second-order valence-corrected chi connectivity index (χ2v) is 3.96. The number of nitrogens with two attached hydrogens (primary N) is 2. The summed E-state index contributed by atoms with van der Waals surface area (Å²) < 4.78 is 0. The van der Waals surface area contributed by atoms with E-state index in [9.17, 15) is 4.79 Å².